The van der Waals surface area contributed by atoms with Crippen LogP contribution in [0.1, 0.15) is 78.1 Å². The van der Waals surface area contributed by atoms with E-state index in [9.17, 15) is 18.9 Å². The van der Waals surface area contributed by atoms with Crippen LogP contribution in [0.3, 0.4) is 0 Å². The van der Waals surface area contributed by atoms with Crippen molar-refractivity contribution in [1.29, 1.82) is 0 Å². The Morgan fingerprint density at radius 1 is 0.619 bits per heavy atom. The predicted molar refractivity (Wildman–Crippen MR) is 82.5 cm³/mol. The van der Waals surface area contributed by atoms with Gasteiger partial charge in [0, 0.05) is 0 Å². The Labute approximate surface area is 142 Å². The molecule has 0 rings (SSSR count). The third-order valence-corrected chi connectivity index (χ3v) is 4.25. The van der Waals surface area contributed by atoms with E-state index in [1.807, 2.05) is 0 Å². The van der Waals surface area contributed by atoms with Crippen molar-refractivity contribution in [3.63, 3.8) is 0 Å². The van der Waals surface area contributed by atoms with Crippen LogP contribution in [-0.2, 0) is 25.6 Å². The van der Waals surface area contributed by atoms with Gasteiger partial charge in [-0.3, -0.25) is 0 Å². The molecule has 0 N–H and O–H groups in total. The molecule has 0 amide bonds. The Morgan fingerprint density at radius 3 is 1.14 bits per heavy atom. The molecule has 2 atom stereocenters. The van der Waals surface area contributed by atoms with Gasteiger partial charge in [-0.05, 0) is 25.7 Å². The minimum Gasteiger partial charge on any atom is -0.596 e. The third kappa shape index (κ3) is 33.4. The van der Waals surface area contributed by atoms with Crippen molar-refractivity contribution in [3.05, 3.63) is 0 Å². The molecule has 0 heterocycles. The van der Waals surface area contributed by atoms with Gasteiger partial charge in [0.05, 0.1) is 0 Å². The summed E-state index contributed by atoms with van der Waals surface area (Å²) in [6, 6.07) is 0. The quantitative estimate of drug-likeness (QED) is 0.289. The number of unbranched alkanes of at least 4 members (excludes halogenated alkanes) is 8. The van der Waals surface area contributed by atoms with Crippen LogP contribution in [0.25, 0.3) is 0 Å². The molecule has 0 aromatic heterocycles. The molecule has 0 aliphatic heterocycles. The van der Waals surface area contributed by atoms with Gasteiger partial charge in [-0.15, -0.1) is 0 Å². The van der Waals surface area contributed by atoms with E-state index < -0.39 is 16.1 Å². The molecule has 0 spiro atoms. The molecule has 128 valence electrons. The van der Waals surface area contributed by atoms with Gasteiger partial charge in [0.15, 0.2) is 0 Å². The Kier molecular flexibility index (Phi) is 28.9. The van der Waals surface area contributed by atoms with E-state index in [0.717, 1.165) is 25.7 Å². The second-order valence-electron chi connectivity index (χ2n) is 4.94. The largest absolute Gasteiger partial charge is 2.00 e. The normalized spacial score (nSPS) is 11.0. The molecule has 0 radical (unpaired) electrons. The molecular weight excluding hydrogens is 353 g/mol. The van der Waals surface area contributed by atoms with Gasteiger partial charge in [-0.25, -0.2) is 0 Å². The fourth-order valence-electron chi connectivity index (χ4n) is 1.69. The van der Waals surface area contributed by atoms with Gasteiger partial charge in [0.25, 0.3) is 0 Å². The van der Waals surface area contributed by atoms with Crippen LogP contribution < -0.4 is 9.79 Å². The van der Waals surface area contributed by atoms with Crippen LogP contribution in [0.5, 0.6) is 0 Å². The van der Waals surface area contributed by atoms with Crippen molar-refractivity contribution in [2.24, 2.45) is 0 Å². The van der Waals surface area contributed by atoms with Gasteiger partial charge < -0.3 is 9.79 Å². The van der Waals surface area contributed by atoms with Gasteiger partial charge in [0.2, 0.25) is 0 Å². The van der Waals surface area contributed by atoms with Crippen molar-refractivity contribution < 1.29 is 35.4 Å². The van der Waals surface area contributed by atoms with E-state index >= 15 is 0 Å². The first kappa shape index (κ1) is 26.5. The molecule has 0 aromatic rings. The molecule has 0 bridgehead atoms. The molecule has 7 heteroatoms. The zero-order valence-corrected chi connectivity index (χ0v) is 16.1. The predicted octanol–water partition coefficient (Wildman–Crippen LogP) is 4.12. The second-order valence-corrected chi connectivity index (χ2v) is 7.17. The van der Waals surface area contributed by atoms with E-state index in [-0.39, 0.29) is 16.5 Å². The summed E-state index contributed by atoms with van der Waals surface area (Å²) in [5.41, 5.74) is 0. The summed E-state index contributed by atoms with van der Waals surface area (Å²) < 4.78 is 20.1. The fraction of sp³-hybridized carbons (Fsp3) is 1.00. The van der Waals surface area contributed by atoms with Crippen LogP contribution in [0.15, 0.2) is 0 Å². The van der Waals surface area contributed by atoms with Crippen molar-refractivity contribution in [2.75, 3.05) is 12.3 Å². The third-order valence-electron chi connectivity index (χ3n) is 2.89. The zero-order chi connectivity index (χ0) is 15.6. The maximum atomic E-state index is 10.1. The summed E-state index contributed by atoms with van der Waals surface area (Å²) in [5.74, 6) is 0. The molecule has 21 heavy (non-hydrogen) atoms. The Balaban J connectivity index is -0.000000295. The second kappa shape index (κ2) is 22.9. The fourth-order valence-corrected chi connectivity index (χ4v) is 2.65. The standard InChI is InChI=1S/2C7H15O2P.Ni/c2*1-2-3-4-5-6-7-10(8)9;/h2*2-7H2,1H3;/q;;+2. The zero-order valence-electron chi connectivity index (χ0n) is 13.3. The molecule has 0 saturated carbocycles. The molecule has 0 aliphatic carbocycles. The van der Waals surface area contributed by atoms with E-state index in [4.69, 9.17) is 0 Å². The minimum atomic E-state index is -2.12. The van der Waals surface area contributed by atoms with Gasteiger partial charge in [0.1, 0.15) is 12.3 Å². The monoisotopic (exact) mass is 382 g/mol. The minimum absolute atomic E-state index is 0. The average molecular weight is 383 g/mol. The van der Waals surface area contributed by atoms with Crippen LogP contribution >= 0.6 is 16.1 Å². The summed E-state index contributed by atoms with van der Waals surface area (Å²) >= 11 is 0. The maximum Gasteiger partial charge on any atom is 2.00 e. The van der Waals surface area contributed by atoms with Crippen molar-refractivity contribution in [2.45, 2.75) is 78.1 Å². The van der Waals surface area contributed by atoms with Crippen molar-refractivity contribution >= 4 is 16.1 Å². The SMILES string of the molecule is CCCCCCC[P+](=O)[O-].CCCCCCC[P+](=O)[O-].[Ni+2]. The average Bonchev–Trinajstić information content (AvgIpc) is 2.38. The Hall–Kier alpha value is 0.614. The van der Waals surface area contributed by atoms with Crippen molar-refractivity contribution in [1.82, 2.24) is 0 Å². The van der Waals surface area contributed by atoms with Gasteiger partial charge in [-0.2, -0.15) is 0 Å². The summed E-state index contributed by atoms with van der Waals surface area (Å²) in [6.45, 7) is 4.29. The van der Waals surface area contributed by atoms with E-state index in [1.54, 1.807) is 0 Å². The van der Waals surface area contributed by atoms with E-state index in [1.165, 1.54) is 38.5 Å². The Bertz CT molecular complexity index is 217. The van der Waals surface area contributed by atoms with Crippen LogP contribution in [0, 0.1) is 0 Å². The number of hydrogen-bond donors (Lipinski definition) is 0. The molecule has 0 fully saturated rings. The number of hydrogen-bond acceptors (Lipinski definition) is 4. The molecule has 4 nitrogen and oxygen atoms in total. The van der Waals surface area contributed by atoms with Crippen LogP contribution in [0.4, 0.5) is 0 Å². The molecule has 0 aromatic carbocycles. The summed E-state index contributed by atoms with van der Waals surface area (Å²) in [6.07, 6.45) is 11.8. The summed E-state index contributed by atoms with van der Waals surface area (Å²) in [7, 11) is -4.24. The van der Waals surface area contributed by atoms with E-state index in [0.29, 0.717) is 12.3 Å². The van der Waals surface area contributed by atoms with Crippen LogP contribution in [-0.4, -0.2) is 12.3 Å². The molecular formula is C14H30NiO4P2+2. The van der Waals surface area contributed by atoms with Crippen LogP contribution in [0.2, 0.25) is 0 Å². The first-order valence-electron chi connectivity index (χ1n) is 7.78. The maximum absolute atomic E-state index is 10.1. The molecule has 0 aliphatic rings. The Morgan fingerprint density at radius 2 is 0.905 bits per heavy atom. The van der Waals surface area contributed by atoms with E-state index in [2.05, 4.69) is 13.8 Å². The number of rotatable bonds is 12. The molecule has 2 unspecified atom stereocenters. The van der Waals surface area contributed by atoms with Crippen molar-refractivity contribution in [3.8, 4) is 0 Å². The first-order valence-corrected chi connectivity index (χ1v) is 10.5. The van der Waals surface area contributed by atoms with Gasteiger partial charge in [-0.1, -0.05) is 61.5 Å². The smallest absolute Gasteiger partial charge is 0.596 e. The van der Waals surface area contributed by atoms with Gasteiger partial charge >= 0.3 is 32.5 Å². The summed E-state index contributed by atoms with van der Waals surface area (Å²) in [5, 5.41) is 0. The summed E-state index contributed by atoms with van der Waals surface area (Å²) in [4.78, 5) is 20.1. The topological polar surface area (TPSA) is 80.3 Å². The first-order chi connectivity index (χ1) is 9.54. The molecule has 0 saturated heterocycles.